The molecule has 6 nitrogen and oxygen atoms in total. The van der Waals surface area contributed by atoms with E-state index < -0.39 is 28.7 Å². The molecule has 2 rings (SSSR count). The summed E-state index contributed by atoms with van der Waals surface area (Å²) in [6.07, 6.45) is -4.45. The standard InChI is InChI=1S/C17H16BrF3N2O4S/c1-23(2)28(25,26)15-9-11(3-8-14(15)18)16(24)22-12-4-6-13(7-5-12)27-10-17(19,20)21/h3-9H,10H2,1-2H3,(H,22,24). The lowest BCUT2D eigenvalue weighted by Gasteiger charge is -2.14. The van der Waals surface area contributed by atoms with E-state index in [2.05, 4.69) is 26.0 Å². The van der Waals surface area contributed by atoms with Crippen molar-refractivity contribution in [2.24, 2.45) is 0 Å². The lowest BCUT2D eigenvalue weighted by molar-refractivity contribution is -0.153. The maximum atomic E-state index is 12.4. The highest BCUT2D eigenvalue weighted by molar-refractivity contribution is 9.10. The van der Waals surface area contributed by atoms with Gasteiger partial charge in [-0.2, -0.15) is 13.2 Å². The van der Waals surface area contributed by atoms with Gasteiger partial charge in [0.25, 0.3) is 5.91 Å². The number of hydrogen-bond acceptors (Lipinski definition) is 4. The molecule has 1 amide bonds. The second-order valence-electron chi connectivity index (χ2n) is 5.81. The summed E-state index contributed by atoms with van der Waals surface area (Å²) >= 11 is 3.16. The molecule has 11 heteroatoms. The molecule has 2 aromatic carbocycles. The number of nitrogens with zero attached hydrogens (tertiary/aromatic N) is 1. The van der Waals surface area contributed by atoms with Crippen LogP contribution in [-0.4, -0.2) is 45.5 Å². The summed E-state index contributed by atoms with van der Waals surface area (Å²) in [5, 5.41) is 2.54. The van der Waals surface area contributed by atoms with E-state index in [-0.39, 0.29) is 16.2 Å². The average molecular weight is 481 g/mol. The van der Waals surface area contributed by atoms with Crippen LogP contribution in [0.5, 0.6) is 5.75 Å². The monoisotopic (exact) mass is 480 g/mol. The Morgan fingerprint density at radius 3 is 2.29 bits per heavy atom. The molecule has 0 spiro atoms. The van der Waals surface area contributed by atoms with E-state index in [1.807, 2.05) is 0 Å². The van der Waals surface area contributed by atoms with Crippen LogP contribution in [0, 0.1) is 0 Å². The molecule has 0 aromatic heterocycles. The normalized spacial score (nSPS) is 12.1. The van der Waals surface area contributed by atoms with E-state index in [4.69, 9.17) is 0 Å². The third-order valence-corrected chi connectivity index (χ3v) is 6.28. The van der Waals surface area contributed by atoms with Crippen LogP contribution in [-0.2, 0) is 10.0 Å². The fraction of sp³-hybridized carbons (Fsp3) is 0.235. The van der Waals surface area contributed by atoms with Crippen molar-refractivity contribution in [3.05, 3.63) is 52.5 Å². The molecule has 0 saturated carbocycles. The summed E-state index contributed by atoms with van der Waals surface area (Å²) in [4.78, 5) is 12.3. The van der Waals surface area contributed by atoms with Gasteiger partial charge in [0.05, 0.1) is 4.90 Å². The number of anilines is 1. The van der Waals surface area contributed by atoms with Crippen LogP contribution in [0.15, 0.2) is 51.8 Å². The summed E-state index contributed by atoms with van der Waals surface area (Å²) in [5.41, 5.74) is 0.408. The SMILES string of the molecule is CN(C)S(=O)(=O)c1cc(C(=O)Nc2ccc(OCC(F)(F)F)cc2)ccc1Br. The van der Waals surface area contributed by atoms with Crippen LogP contribution in [0.4, 0.5) is 18.9 Å². The zero-order valence-corrected chi connectivity index (χ0v) is 17.2. The smallest absolute Gasteiger partial charge is 0.422 e. The molecule has 0 aliphatic carbocycles. The molecule has 2 aromatic rings. The van der Waals surface area contributed by atoms with E-state index in [0.29, 0.717) is 10.2 Å². The fourth-order valence-electron chi connectivity index (χ4n) is 2.04. The molecular formula is C17H16BrF3N2O4S. The predicted molar refractivity (Wildman–Crippen MR) is 101 cm³/mol. The Balaban J connectivity index is 2.15. The van der Waals surface area contributed by atoms with Gasteiger partial charge in [0.15, 0.2) is 6.61 Å². The summed E-state index contributed by atoms with van der Waals surface area (Å²) < 4.78 is 67.0. The van der Waals surface area contributed by atoms with Crippen molar-refractivity contribution in [2.75, 3.05) is 26.0 Å². The van der Waals surface area contributed by atoms with E-state index in [9.17, 15) is 26.4 Å². The highest BCUT2D eigenvalue weighted by Gasteiger charge is 2.28. The van der Waals surface area contributed by atoms with Gasteiger partial charge in [0, 0.05) is 29.8 Å². The third-order valence-electron chi connectivity index (χ3n) is 3.47. The van der Waals surface area contributed by atoms with Crippen molar-refractivity contribution in [2.45, 2.75) is 11.1 Å². The topological polar surface area (TPSA) is 75.7 Å². The highest BCUT2D eigenvalue weighted by atomic mass is 79.9. The zero-order valence-electron chi connectivity index (χ0n) is 14.7. The first-order valence-corrected chi connectivity index (χ1v) is 9.96. The minimum atomic E-state index is -4.45. The molecule has 0 heterocycles. The second-order valence-corrected chi connectivity index (χ2v) is 8.79. The van der Waals surface area contributed by atoms with Crippen LogP contribution in [0.3, 0.4) is 0 Å². The molecule has 152 valence electrons. The number of halogens is 4. The third kappa shape index (κ3) is 5.69. The minimum Gasteiger partial charge on any atom is -0.484 e. The van der Waals surface area contributed by atoms with Gasteiger partial charge >= 0.3 is 6.18 Å². The number of sulfonamides is 1. The Morgan fingerprint density at radius 1 is 1.14 bits per heavy atom. The van der Waals surface area contributed by atoms with Gasteiger partial charge in [0.2, 0.25) is 10.0 Å². The fourth-order valence-corrected chi connectivity index (χ4v) is 3.89. The van der Waals surface area contributed by atoms with E-state index in [1.165, 1.54) is 56.6 Å². The number of rotatable bonds is 6. The maximum Gasteiger partial charge on any atom is 0.422 e. The van der Waals surface area contributed by atoms with Crippen LogP contribution in [0.1, 0.15) is 10.4 Å². The maximum absolute atomic E-state index is 12.4. The lowest BCUT2D eigenvalue weighted by Crippen LogP contribution is -2.23. The lowest BCUT2D eigenvalue weighted by atomic mass is 10.2. The second kappa shape index (κ2) is 8.50. The summed E-state index contributed by atoms with van der Waals surface area (Å²) in [6.45, 7) is -1.42. The zero-order chi connectivity index (χ0) is 21.1. The van der Waals surface area contributed by atoms with E-state index >= 15 is 0 Å². The van der Waals surface area contributed by atoms with Crippen LogP contribution >= 0.6 is 15.9 Å². The first kappa shape index (κ1) is 22.2. The molecule has 0 radical (unpaired) electrons. The van der Waals surface area contributed by atoms with Crippen LogP contribution < -0.4 is 10.1 Å². The number of carbonyl (C=O) groups excluding carboxylic acids is 1. The largest absolute Gasteiger partial charge is 0.484 e. The average Bonchev–Trinajstić information content (AvgIpc) is 2.60. The Labute approximate surface area is 168 Å². The number of benzene rings is 2. The van der Waals surface area contributed by atoms with Gasteiger partial charge in [-0.05, 0) is 58.4 Å². The number of alkyl halides is 3. The van der Waals surface area contributed by atoms with Crippen molar-refractivity contribution in [3.8, 4) is 5.75 Å². The van der Waals surface area contributed by atoms with E-state index in [1.54, 1.807) is 0 Å². The molecule has 0 aliphatic heterocycles. The molecule has 1 N–H and O–H groups in total. The number of amides is 1. The highest BCUT2D eigenvalue weighted by Crippen LogP contribution is 2.26. The van der Waals surface area contributed by atoms with Crippen LogP contribution in [0.2, 0.25) is 0 Å². The molecular weight excluding hydrogens is 465 g/mol. The molecule has 0 fully saturated rings. The molecule has 0 saturated heterocycles. The Bertz CT molecular complexity index is 961. The first-order valence-electron chi connectivity index (χ1n) is 7.73. The summed E-state index contributed by atoms with van der Waals surface area (Å²) in [7, 11) is -1.02. The molecule has 0 unspecified atom stereocenters. The number of nitrogens with one attached hydrogen (secondary N) is 1. The van der Waals surface area contributed by atoms with Crippen molar-refractivity contribution in [1.82, 2.24) is 4.31 Å². The number of carbonyl (C=O) groups is 1. The number of ether oxygens (including phenoxy) is 1. The van der Waals surface area contributed by atoms with Gasteiger partial charge < -0.3 is 10.1 Å². The molecule has 28 heavy (non-hydrogen) atoms. The molecule has 0 bridgehead atoms. The molecule has 0 atom stereocenters. The summed E-state index contributed by atoms with van der Waals surface area (Å²) in [6, 6.07) is 9.43. The van der Waals surface area contributed by atoms with E-state index in [0.717, 1.165) is 4.31 Å². The first-order chi connectivity index (χ1) is 12.9. The number of hydrogen-bond donors (Lipinski definition) is 1. The van der Waals surface area contributed by atoms with Gasteiger partial charge in [-0.1, -0.05) is 0 Å². The predicted octanol–water partition coefficient (Wildman–Crippen LogP) is 3.89. The van der Waals surface area contributed by atoms with Crippen LogP contribution in [0.25, 0.3) is 0 Å². The summed E-state index contributed by atoms with van der Waals surface area (Å²) in [5.74, 6) is -0.579. The van der Waals surface area contributed by atoms with Crippen molar-refractivity contribution >= 4 is 37.5 Å². The Hall–Kier alpha value is -2.11. The Morgan fingerprint density at radius 2 is 1.75 bits per heavy atom. The molecule has 0 aliphatic rings. The van der Waals surface area contributed by atoms with Crippen molar-refractivity contribution in [3.63, 3.8) is 0 Å². The van der Waals surface area contributed by atoms with Gasteiger partial charge in [0.1, 0.15) is 5.75 Å². The van der Waals surface area contributed by atoms with Gasteiger partial charge in [-0.15, -0.1) is 0 Å². The van der Waals surface area contributed by atoms with Crippen molar-refractivity contribution in [1.29, 1.82) is 0 Å². The van der Waals surface area contributed by atoms with Gasteiger partial charge in [-0.25, -0.2) is 12.7 Å². The van der Waals surface area contributed by atoms with Gasteiger partial charge in [-0.3, -0.25) is 4.79 Å². The minimum absolute atomic E-state index is 0.00155. The van der Waals surface area contributed by atoms with Crippen molar-refractivity contribution < 1.29 is 31.1 Å². The quantitative estimate of drug-likeness (QED) is 0.680. The Kier molecular flexibility index (Phi) is 6.73.